The molecule has 8 heteroatoms. The van der Waals surface area contributed by atoms with Crippen LogP contribution in [0.5, 0.6) is 0 Å². The van der Waals surface area contributed by atoms with E-state index in [2.05, 4.69) is 9.82 Å². The summed E-state index contributed by atoms with van der Waals surface area (Å²) in [5, 5.41) is 5.62. The fourth-order valence-corrected chi connectivity index (χ4v) is 2.70. The minimum atomic E-state index is -2.73. The Morgan fingerprint density at radius 1 is 1.04 bits per heavy atom. The Bertz CT molecular complexity index is 991. The van der Waals surface area contributed by atoms with E-state index in [1.54, 1.807) is 37.4 Å². The molecule has 0 saturated heterocycles. The summed E-state index contributed by atoms with van der Waals surface area (Å²) in [6, 6.07) is 14.1. The molecule has 6 nitrogen and oxygen atoms in total. The molecule has 0 radical (unpaired) electrons. The molecule has 1 N–H and O–H groups in total. The van der Waals surface area contributed by atoms with Gasteiger partial charge in [-0.3, -0.25) is 9.52 Å². The highest BCUT2D eigenvalue weighted by Gasteiger charge is 2.10. The van der Waals surface area contributed by atoms with Gasteiger partial charge in [0.1, 0.15) is 0 Å². The molecule has 1 heterocycles. The Labute approximate surface area is 140 Å². The van der Waals surface area contributed by atoms with E-state index < -0.39 is 10.9 Å². The number of aromatic nitrogens is 2. The van der Waals surface area contributed by atoms with Gasteiger partial charge in [-0.15, -0.1) is 12.4 Å². The van der Waals surface area contributed by atoms with Gasteiger partial charge < -0.3 is 0 Å². The summed E-state index contributed by atoms with van der Waals surface area (Å²) in [5.74, 6) is 0. The van der Waals surface area contributed by atoms with E-state index >= 15 is 0 Å². The van der Waals surface area contributed by atoms with Crippen molar-refractivity contribution in [1.29, 1.82) is 0 Å². The molecule has 0 aliphatic heterocycles. The molecular weight excluding hydrogens is 338 g/mol. The monoisotopic (exact) mass is 351 g/mol. The van der Waals surface area contributed by atoms with Gasteiger partial charge in [-0.05, 0) is 18.2 Å². The van der Waals surface area contributed by atoms with Gasteiger partial charge in [0.05, 0.1) is 11.1 Å². The van der Waals surface area contributed by atoms with Crippen molar-refractivity contribution in [2.75, 3.05) is 4.72 Å². The van der Waals surface area contributed by atoms with Crippen molar-refractivity contribution in [3.8, 4) is 11.3 Å². The topological polar surface area (TPSA) is 81.1 Å². The van der Waals surface area contributed by atoms with Crippen LogP contribution in [0.25, 0.3) is 22.0 Å². The van der Waals surface area contributed by atoms with E-state index in [9.17, 15) is 13.2 Å². The van der Waals surface area contributed by atoms with E-state index in [0.717, 1.165) is 10.9 Å². The molecule has 0 aliphatic carbocycles. The van der Waals surface area contributed by atoms with Gasteiger partial charge in [-0.2, -0.15) is 5.10 Å². The fraction of sp³-hybridized carbons (Fsp3) is 0.0667. The molecule has 23 heavy (non-hydrogen) atoms. The number of hydrogen-bond donors (Lipinski definition) is 2. The number of aryl methyl sites for hydroxylation is 1. The third kappa shape index (κ3) is 3.35. The average molecular weight is 352 g/mol. The van der Waals surface area contributed by atoms with Crippen molar-refractivity contribution in [2.24, 2.45) is 7.05 Å². The number of nitrogens with one attached hydrogen (secondary N) is 1. The second kappa shape index (κ2) is 6.80. The molecule has 3 rings (SSSR count). The van der Waals surface area contributed by atoms with Gasteiger partial charge >= 0.3 is 0 Å². The number of hydrogen-bond acceptors (Lipinski definition) is 4. The first-order valence-corrected chi connectivity index (χ1v) is 7.71. The van der Waals surface area contributed by atoms with Gasteiger partial charge in [0.2, 0.25) is 10.9 Å². The molecule has 0 atom stereocenters. The van der Waals surface area contributed by atoms with Crippen LogP contribution >= 0.6 is 12.4 Å². The van der Waals surface area contributed by atoms with Crippen molar-refractivity contribution in [3.05, 3.63) is 58.9 Å². The second-order valence-corrected chi connectivity index (χ2v) is 5.51. The molecule has 0 aliphatic rings. The Kier molecular flexibility index (Phi) is 5.02. The summed E-state index contributed by atoms with van der Waals surface area (Å²) < 4.78 is 25.2. The van der Waals surface area contributed by atoms with E-state index in [0.29, 0.717) is 16.8 Å². The summed E-state index contributed by atoms with van der Waals surface area (Å²) in [5.41, 5.74) is 1.64. The van der Waals surface area contributed by atoms with Crippen LogP contribution in [0, 0.1) is 0 Å². The van der Waals surface area contributed by atoms with Crippen LogP contribution in [-0.4, -0.2) is 18.2 Å². The van der Waals surface area contributed by atoms with Crippen LogP contribution in [0.3, 0.4) is 0 Å². The Balaban J connectivity index is 0.00000192. The molecule has 0 saturated carbocycles. The molecule has 1 aromatic heterocycles. The Morgan fingerprint density at radius 2 is 1.74 bits per heavy atom. The minimum absolute atomic E-state index is 0. The Morgan fingerprint density at radius 3 is 2.43 bits per heavy atom. The SMILES string of the molecule is Cl.Cn1nc(-c2cccc(N[SH](=O)=O)c2)c2ccccc2c1=O. The van der Waals surface area contributed by atoms with Gasteiger partial charge in [-0.25, -0.2) is 13.1 Å². The normalized spacial score (nSPS) is 10.5. The van der Waals surface area contributed by atoms with E-state index in [1.807, 2.05) is 18.2 Å². The van der Waals surface area contributed by atoms with Crippen LogP contribution in [0.2, 0.25) is 0 Å². The summed E-state index contributed by atoms with van der Waals surface area (Å²) in [6.45, 7) is 0. The zero-order chi connectivity index (χ0) is 15.7. The number of thiol groups is 1. The van der Waals surface area contributed by atoms with Crippen molar-refractivity contribution in [2.45, 2.75) is 0 Å². The van der Waals surface area contributed by atoms with Crippen molar-refractivity contribution < 1.29 is 8.42 Å². The fourth-order valence-electron chi connectivity index (χ4n) is 2.35. The lowest BCUT2D eigenvalue weighted by Gasteiger charge is -2.09. The van der Waals surface area contributed by atoms with E-state index in [1.165, 1.54) is 4.68 Å². The first kappa shape index (κ1) is 17.0. The standard InChI is InChI=1S/C15H13N3O3S.ClH/c1-18-15(19)13-8-3-2-7-12(13)14(16-18)10-5-4-6-11(9-10)17-22(20)21;/h2-9,22H,1H3,(H,17,20,21);1H. The predicted octanol–water partition coefficient (Wildman–Crippen LogP) is 1.96. The van der Waals surface area contributed by atoms with Crippen LogP contribution in [0.1, 0.15) is 0 Å². The molecule has 120 valence electrons. The number of anilines is 1. The highest BCUT2D eigenvalue weighted by atomic mass is 35.5. The average Bonchev–Trinajstić information content (AvgIpc) is 2.50. The number of fused-ring (bicyclic) bond motifs is 1. The maximum absolute atomic E-state index is 12.1. The minimum Gasteiger partial charge on any atom is -0.286 e. The maximum atomic E-state index is 12.1. The van der Waals surface area contributed by atoms with Crippen LogP contribution in [0.15, 0.2) is 53.3 Å². The van der Waals surface area contributed by atoms with Crippen molar-refractivity contribution in [3.63, 3.8) is 0 Å². The van der Waals surface area contributed by atoms with Gasteiger partial charge in [-0.1, -0.05) is 30.3 Å². The van der Waals surface area contributed by atoms with Crippen molar-refractivity contribution in [1.82, 2.24) is 9.78 Å². The van der Waals surface area contributed by atoms with Crippen LogP contribution in [-0.2, 0) is 17.9 Å². The Hall–Kier alpha value is -2.38. The first-order chi connectivity index (χ1) is 10.6. The quantitative estimate of drug-likeness (QED) is 0.707. The maximum Gasteiger partial charge on any atom is 0.274 e. The smallest absolute Gasteiger partial charge is 0.274 e. The van der Waals surface area contributed by atoms with Gasteiger partial charge in [0.25, 0.3) is 5.56 Å². The molecule has 0 spiro atoms. The lowest BCUT2D eigenvalue weighted by atomic mass is 10.0. The van der Waals surface area contributed by atoms with Gasteiger partial charge in [0, 0.05) is 23.7 Å². The zero-order valence-electron chi connectivity index (χ0n) is 12.1. The summed E-state index contributed by atoms with van der Waals surface area (Å²) in [7, 11) is -1.14. The van der Waals surface area contributed by atoms with Gasteiger partial charge in [0.15, 0.2) is 0 Å². The lowest BCUT2D eigenvalue weighted by Crippen LogP contribution is -2.20. The number of halogens is 1. The summed E-state index contributed by atoms with van der Waals surface area (Å²) in [4.78, 5) is 12.1. The first-order valence-electron chi connectivity index (χ1n) is 6.54. The van der Waals surface area contributed by atoms with Crippen LogP contribution < -0.4 is 10.3 Å². The largest absolute Gasteiger partial charge is 0.286 e. The third-order valence-corrected chi connectivity index (χ3v) is 3.75. The van der Waals surface area contributed by atoms with Crippen molar-refractivity contribution >= 4 is 39.8 Å². The highest BCUT2D eigenvalue weighted by molar-refractivity contribution is 7.73. The van der Waals surface area contributed by atoms with E-state index in [4.69, 9.17) is 0 Å². The molecular formula is C15H14ClN3O3S. The number of rotatable bonds is 3. The van der Waals surface area contributed by atoms with E-state index in [-0.39, 0.29) is 18.0 Å². The lowest BCUT2D eigenvalue weighted by molar-refractivity contribution is 0.619. The number of benzene rings is 2. The molecule has 0 amide bonds. The summed E-state index contributed by atoms with van der Waals surface area (Å²) >= 11 is 0. The zero-order valence-corrected chi connectivity index (χ0v) is 13.8. The number of nitrogens with zero attached hydrogens (tertiary/aromatic N) is 2. The molecule has 2 aromatic carbocycles. The molecule has 0 unspecified atom stereocenters. The van der Waals surface area contributed by atoms with Crippen LogP contribution in [0.4, 0.5) is 5.69 Å². The predicted molar refractivity (Wildman–Crippen MR) is 93.6 cm³/mol. The third-order valence-electron chi connectivity index (χ3n) is 3.31. The molecule has 0 bridgehead atoms. The second-order valence-electron chi connectivity index (χ2n) is 4.77. The highest BCUT2D eigenvalue weighted by Crippen LogP contribution is 2.26. The summed E-state index contributed by atoms with van der Waals surface area (Å²) in [6.07, 6.45) is 0. The molecule has 3 aromatic rings. The molecule has 0 fully saturated rings.